The van der Waals surface area contributed by atoms with Gasteiger partial charge in [0.25, 0.3) is 0 Å². The average Bonchev–Trinajstić information content (AvgIpc) is 3.09. The van der Waals surface area contributed by atoms with Gasteiger partial charge in [-0.25, -0.2) is 4.39 Å². The number of amidine groups is 1. The Balaban J connectivity index is 0.000000491. The first kappa shape index (κ1) is 23.2. The second kappa shape index (κ2) is 10.7. The Bertz CT molecular complexity index is 1190. The van der Waals surface area contributed by atoms with Gasteiger partial charge in [0.15, 0.2) is 0 Å². The van der Waals surface area contributed by atoms with Crippen LogP contribution >= 0.6 is 11.8 Å². The monoisotopic (exact) mass is 444 g/mol. The fourth-order valence-electron chi connectivity index (χ4n) is 2.70. The average molecular weight is 444 g/mol. The molecule has 1 aliphatic heterocycles. The van der Waals surface area contributed by atoms with Crippen molar-refractivity contribution in [3.63, 3.8) is 0 Å². The van der Waals surface area contributed by atoms with Gasteiger partial charge in [-0.15, -0.1) is 0 Å². The van der Waals surface area contributed by atoms with Crippen LogP contribution in [-0.2, 0) is 9.59 Å². The van der Waals surface area contributed by atoms with Crippen molar-refractivity contribution in [2.45, 2.75) is 13.3 Å². The molecule has 0 aliphatic carbocycles. The molecule has 0 saturated heterocycles. The minimum atomic E-state index is -0.745. The molecule has 5 nitrogen and oxygen atoms in total. The minimum absolute atomic E-state index is 0.222. The molecule has 0 atom stereocenters. The number of carbonyl (C=O) groups excluding carboxylic acids is 1. The molecule has 0 saturated carbocycles. The fraction of sp³-hybridized carbons (Fsp3) is 0.0870. The van der Waals surface area contributed by atoms with E-state index in [4.69, 9.17) is 5.11 Å². The molecule has 3 aromatic rings. The van der Waals surface area contributed by atoms with Crippen molar-refractivity contribution in [3.8, 4) is 0 Å². The van der Waals surface area contributed by atoms with Gasteiger partial charge in [0.1, 0.15) is 5.82 Å². The SMILES string of the molecule is CCC(=O)O.O=C1N=C(Nc2cc[c]([Na])cc2)SC1=Cc1ccc2cc(F)ccc2c1. The summed E-state index contributed by atoms with van der Waals surface area (Å²) in [5.74, 6) is -1.26. The quantitative estimate of drug-likeness (QED) is 0.464. The van der Waals surface area contributed by atoms with Gasteiger partial charge in [0.05, 0.1) is 0 Å². The summed E-state index contributed by atoms with van der Waals surface area (Å²) in [7, 11) is 0. The van der Waals surface area contributed by atoms with Crippen LogP contribution in [0.25, 0.3) is 16.8 Å². The van der Waals surface area contributed by atoms with Crippen molar-refractivity contribution in [2.75, 3.05) is 5.32 Å². The molecule has 0 unspecified atom stereocenters. The Kier molecular flexibility index (Phi) is 8.03. The maximum absolute atomic E-state index is 13.3. The third-order valence-corrected chi connectivity index (χ3v) is 5.92. The second-order valence-electron chi connectivity index (χ2n) is 6.82. The first-order valence-electron chi connectivity index (χ1n) is 9.61. The number of hydrogen-bond acceptors (Lipinski definition) is 4. The van der Waals surface area contributed by atoms with Gasteiger partial charge < -0.3 is 5.11 Å². The number of nitrogens with one attached hydrogen (secondary N) is 1. The Morgan fingerprint density at radius 3 is 2.45 bits per heavy atom. The van der Waals surface area contributed by atoms with E-state index < -0.39 is 5.97 Å². The van der Waals surface area contributed by atoms with Crippen LogP contribution in [0.1, 0.15) is 18.9 Å². The number of nitrogens with zero attached hydrogens (tertiary/aromatic N) is 1. The molecular formula is C23H18FN2NaO3S. The van der Waals surface area contributed by atoms with E-state index in [1.54, 1.807) is 13.0 Å². The molecular weight excluding hydrogens is 426 g/mol. The van der Waals surface area contributed by atoms with Gasteiger partial charge >= 0.3 is 145 Å². The van der Waals surface area contributed by atoms with Gasteiger partial charge in [0.2, 0.25) is 0 Å². The summed E-state index contributed by atoms with van der Waals surface area (Å²) < 4.78 is 14.6. The normalized spacial score (nSPS) is 14.3. The summed E-state index contributed by atoms with van der Waals surface area (Å²) in [5, 5.41) is 13.2. The maximum atomic E-state index is 13.3. The number of thioether (sulfide) groups is 1. The summed E-state index contributed by atoms with van der Waals surface area (Å²) in [6.07, 6.45) is 2.04. The number of benzene rings is 3. The molecule has 3 aromatic carbocycles. The number of carbonyl (C=O) groups is 2. The van der Waals surface area contributed by atoms with Crippen molar-refractivity contribution in [3.05, 3.63) is 76.9 Å². The van der Waals surface area contributed by atoms with Crippen LogP contribution in [0.5, 0.6) is 0 Å². The number of halogens is 1. The zero-order valence-electron chi connectivity index (χ0n) is 17.1. The van der Waals surface area contributed by atoms with Gasteiger partial charge in [-0.05, 0) is 17.5 Å². The van der Waals surface area contributed by atoms with E-state index in [2.05, 4.69) is 22.4 Å². The summed E-state index contributed by atoms with van der Waals surface area (Å²) in [4.78, 5) is 26.2. The molecule has 8 heteroatoms. The third kappa shape index (κ3) is 6.77. The molecule has 1 heterocycles. The Morgan fingerprint density at radius 1 is 1.13 bits per heavy atom. The summed E-state index contributed by atoms with van der Waals surface area (Å²) in [6.45, 7) is 1.60. The zero-order valence-corrected chi connectivity index (χ0v) is 19.9. The van der Waals surface area contributed by atoms with Crippen LogP contribution in [0.2, 0.25) is 0 Å². The van der Waals surface area contributed by atoms with Gasteiger partial charge in [-0.3, -0.25) is 4.79 Å². The van der Waals surface area contributed by atoms with Crippen LogP contribution in [-0.4, -0.2) is 50.1 Å². The summed E-state index contributed by atoms with van der Waals surface area (Å²) in [6, 6.07) is 18.4. The number of carboxylic acid groups (broad SMARTS) is 1. The number of anilines is 1. The Hall–Kier alpha value is -2.45. The standard InChI is InChI=1S/C20H12FN2OS.C3H6O2.Na/c21-16-9-8-14-10-13(6-7-15(14)12-16)11-18-19(24)23-20(25-18)22-17-4-2-1-3-5-17;1-2-3(4)5;/h2-12H,(H,22,23,24);2H2,1H3,(H,4,5);. The molecule has 0 radical (unpaired) electrons. The predicted octanol–water partition coefficient (Wildman–Crippen LogP) is 4.34. The number of hydrogen-bond donors (Lipinski definition) is 2. The van der Waals surface area contributed by atoms with Crippen LogP contribution in [0.4, 0.5) is 10.1 Å². The van der Waals surface area contributed by atoms with Crippen molar-refractivity contribution < 1.29 is 19.1 Å². The summed E-state index contributed by atoms with van der Waals surface area (Å²) >= 11 is 2.33. The number of amides is 1. The van der Waals surface area contributed by atoms with E-state index in [1.807, 2.05) is 36.4 Å². The van der Waals surface area contributed by atoms with Crippen LogP contribution < -0.4 is 8.13 Å². The van der Waals surface area contributed by atoms with Crippen molar-refractivity contribution in [2.24, 2.45) is 4.99 Å². The number of aliphatic carboxylic acids is 1. The number of rotatable bonds is 3. The van der Waals surface area contributed by atoms with Crippen LogP contribution in [0.3, 0.4) is 0 Å². The summed E-state index contributed by atoms with van der Waals surface area (Å²) in [5.41, 5.74) is 1.80. The van der Waals surface area contributed by atoms with Crippen molar-refractivity contribution in [1.29, 1.82) is 0 Å². The molecule has 0 aromatic heterocycles. The molecule has 31 heavy (non-hydrogen) atoms. The van der Waals surface area contributed by atoms with Crippen molar-refractivity contribution >= 4 is 82.1 Å². The van der Waals surface area contributed by atoms with E-state index in [-0.39, 0.29) is 18.1 Å². The molecule has 1 aliphatic rings. The third-order valence-electron chi connectivity index (χ3n) is 4.35. The predicted molar refractivity (Wildman–Crippen MR) is 125 cm³/mol. The van der Waals surface area contributed by atoms with Crippen LogP contribution in [0.15, 0.2) is 70.6 Å². The zero-order chi connectivity index (χ0) is 22.4. The first-order valence-corrected chi connectivity index (χ1v) is 11.4. The van der Waals surface area contributed by atoms with E-state index in [0.29, 0.717) is 10.1 Å². The van der Waals surface area contributed by atoms with E-state index in [1.165, 1.54) is 26.7 Å². The number of aliphatic imine (C=N–C) groups is 1. The molecule has 0 bridgehead atoms. The molecule has 152 valence electrons. The molecule has 0 spiro atoms. The number of fused-ring (bicyclic) bond motifs is 1. The fourth-order valence-corrected chi connectivity index (χ4v) is 3.87. The Morgan fingerprint density at radius 2 is 1.77 bits per heavy atom. The van der Waals surface area contributed by atoms with Gasteiger partial charge in [-0.1, -0.05) is 13.0 Å². The number of carboxylic acids is 1. The van der Waals surface area contributed by atoms with E-state index in [0.717, 1.165) is 50.0 Å². The van der Waals surface area contributed by atoms with Gasteiger partial charge in [-0.2, -0.15) is 0 Å². The van der Waals surface area contributed by atoms with Gasteiger partial charge in [0, 0.05) is 6.42 Å². The van der Waals surface area contributed by atoms with E-state index >= 15 is 0 Å². The van der Waals surface area contributed by atoms with Crippen molar-refractivity contribution in [1.82, 2.24) is 0 Å². The Labute approximate surface area is 200 Å². The molecule has 0 fully saturated rings. The topological polar surface area (TPSA) is 78.8 Å². The first-order chi connectivity index (χ1) is 14.8. The van der Waals surface area contributed by atoms with E-state index in [9.17, 15) is 14.0 Å². The second-order valence-corrected chi connectivity index (χ2v) is 9.01. The molecule has 2 N–H and O–H groups in total. The molecule has 1 amide bonds. The molecule has 4 rings (SSSR count). The van der Waals surface area contributed by atoms with Crippen LogP contribution in [0, 0.1) is 5.82 Å².